The Labute approximate surface area is 145 Å². The van der Waals surface area contributed by atoms with Crippen molar-refractivity contribution in [3.8, 4) is 11.5 Å². The van der Waals surface area contributed by atoms with Crippen LogP contribution in [0.4, 0.5) is 0 Å². The van der Waals surface area contributed by atoms with Crippen molar-refractivity contribution in [2.45, 2.75) is 19.9 Å². The summed E-state index contributed by atoms with van der Waals surface area (Å²) in [5.41, 5.74) is 1.28. The normalized spacial score (nSPS) is 11.6. The van der Waals surface area contributed by atoms with Crippen LogP contribution in [0.25, 0.3) is 0 Å². The lowest BCUT2D eigenvalue weighted by atomic mass is 10.1. The van der Waals surface area contributed by atoms with E-state index in [1.54, 1.807) is 23.9 Å². The van der Waals surface area contributed by atoms with E-state index in [1.807, 2.05) is 20.2 Å². The van der Waals surface area contributed by atoms with E-state index in [2.05, 4.69) is 10.4 Å². The summed E-state index contributed by atoms with van der Waals surface area (Å²) in [6.07, 6.45) is 3.53. The summed E-state index contributed by atoms with van der Waals surface area (Å²) >= 11 is 0. The molecule has 0 spiro atoms. The van der Waals surface area contributed by atoms with E-state index in [0.29, 0.717) is 17.9 Å². The molecule has 1 atom stereocenters. The van der Waals surface area contributed by atoms with Gasteiger partial charge in [0, 0.05) is 24.4 Å². The SMILES string of the molecule is CCOc1cc(C(=O)NC(C)c2cnn(C)c2)ccc1OCC(=O)O. The van der Waals surface area contributed by atoms with E-state index < -0.39 is 12.6 Å². The van der Waals surface area contributed by atoms with Gasteiger partial charge in [-0.3, -0.25) is 9.48 Å². The highest BCUT2D eigenvalue weighted by molar-refractivity contribution is 5.95. The van der Waals surface area contributed by atoms with Crippen molar-refractivity contribution in [2.75, 3.05) is 13.2 Å². The second kappa shape index (κ2) is 8.18. The van der Waals surface area contributed by atoms with Gasteiger partial charge in [-0.1, -0.05) is 0 Å². The summed E-state index contributed by atoms with van der Waals surface area (Å²) < 4.78 is 12.3. The second-order valence-electron chi connectivity index (χ2n) is 5.42. The Balaban J connectivity index is 2.13. The summed E-state index contributed by atoms with van der Waals surface area (Å²) in [6.45, 7) is 3.53. The van der Waals surface area contributed by atoms with Gasteiger partial charge in [-0.15, -0.1) is 0 Å². The monoisotopic (exact) mass is 347 g/mol. The molecule has 0 aliphatic carbocycles. The predicted octanol–water partition coefficient (Wildman–Crippen LogP) is 1.77. The first-order chi connectivity index (χ1) is 11.9. The Morgan fingerprint density at radius 2 is 2.08 bits per heavy atom. The highest BCUT2D eigenvalue weighted by atomic mass is 16.5. The molecule has 8 heteroatoms. The van der Waals surface area contributed by atoms with Crippen molar-refractivity contribution in [2.24, 2.45) is 7.05 Å². The molecule has 0 saturated carbocycles. The van der Waals surface area contributed by atoms with Crippen LogP contribution in [-0.2, 0) is 11.8 Å². The molecule has 0 fully saturated rings. The molecular weight excluding hydrogens is 326 g/mol. The minimum Gasteiger partial charge on any atom is -0.490 e. The van der Waals surface area contributed by atoms with Crippen LogP contribution in [-0.4, -0.2) is 40.0 Å². The second-order valence-corrected chi connectivity index (χ2v) is 5.42. The minimum atomic E-state index is -1.09. The van der Waals surface area contributed by atoms with Crippen LogP contribution in [0.2, 0.25) is 0 Å². The molecule has 134 valence electrons. The van der Waals surface area contributed by atoms with Crippen LogP contribution in [0.15, 0.2) is 30.6 Å². The molecule has 8 nitrogen and oxygen atoms in total. The first kappa shape index (κ1) is 18.3. The number of carboxylic acids is 1. The fourth-order valence-electron chi connectivity index (χ4n) is 2.20. The Hall–Kier alpha value is -3.03. The molecule has 2 N–H and O–H groups in total. The molecular formula is C17H21N3O5. The molecule has 1 aromatic carbocycles. The molecule has 25 heavy (non-hydrogen) atoms. The summed E-state index contributed by atoms with van der Waals surface area (Å²) in [4.78, 5) is 23.1. The number of benzene rings is 1. The fourth-order valence-corrected chi connectivity index (χ4v) is 2.20. The number of nitrogens with one attached hydrogen (secondary N) is 1. The molecule has 1 heterocycles. The number of amides is 1. The lowest BCUT2D eigenvalue weighted by molar-refractivity contribution is -0.139. The van der Waals surface area contributed by atoms with Gasteiger partial charge in [0.2, 0.25) is 0 Å². The number of carboxylic acid groups (broad SMARTS) is 1. The first-order valence-corrected chi connectivity index (χ1v) is 7.81. The van der Waals surface area contributed by atoms with Gasteiger partial charge >= 0.3 is 5.97 Å². The molecule has 0 saturated heterocycles. The maximum absolute atomic E-state index is 12.4. The zero-order valence-electron chi connectivity index (χ0n) is 14.4. The summed E-state index contributed by atoms with van der Waals surface area (Å²) in [6, 6.07) is 4.41. The molecule has 0 aliphatic rings. The number of nitrogens with zero attached hydrogens (tertiary/aromatic N) is 2. The van der Waals surface area contributed by atoms with E-state index in [9.17, 15) is 9.59 Å². The highest BCUT2D eigenvalue weighted by Gasteiger charge is 2.16. The number of ether oxygens (including phenoxy) is 2. The van der Waals surface area contributed by atoms with Crippen LogP contribution in [0, 0.1) is 0 Å². The lowest BCUT2D eigenvalue weighted by Gasteiger charge is -2.15. The molecule has 2 rings (SSSR count). The van der Waals surface area contributed by atoms with Crippen molar-refractivity contribution < 1.29 is 24.2 Å². The Morgan fingerprint density at radius 1 is 1.32 bits per heavy atom. The Kier molecular flexibility index (Phi) is 5.99. The molecule has 1 amide bonds. The predicted molar refractivity (Wildman–Crippen MR) is 89.8 cm³/mol. The van der Waals surface area contributed by atoms with Crippen molar-refractivity contribution in [3.05, 3.63) is 41.7 Å². The molecule has 2 aromatic rings. The third-order valence-electron chi connectivity index (χ3n) is 3.43. The van der Waals surface area contributed by atoms with Crippen molar-refractivity contribution >= 4 is 11.9 Å². The third-order valence-corrected chi connectivity index (χ3v) is 3.43. The zero-order valence-corrected chi connectivity index (χ0v) is 14.4. The molecule has 0 radical (unpaired) electrons. The van der Waals surface area contributed by atoms with E-state index >= 15 is 0 Å². The molecule has 0 bridgehead atoms. The summed E-state index contributed by atoms with van der Waals surface area (Å²) in [5, 5.41) is 15.7. The first-order valence-electron chi connectivity index (χ1n) is 7.81. The average molecular weight is 347 g/mol. The maximum Gasteiger partial charge on any atom is 0.341 e. The number of aryl methyl sites for hydroxylation is 1. The van der Waals surface area contributed by atoms with Crippen LogP contribution in [0.3, 0.4) is 0 Å². The molecule has 0 aliphatic heterocycles. The quantitative estimate of drug-likeness (QED) is 0.754. The van der Waals surface area contributed by atoms with Gasteiger partial charge in [0.05, 0.1) is 18.8 Å². The average Bonchev–Trinajstić information content (AvgIpc) is 3.00. The van der Waals surface area contributed by atoms with Crippen LogP contribution < -0.4 is 14.8 Å². The van der Waals surface area contributed by atoms with Gasteiger partial charge < -0.3 is 19.9 Å². The standard InChI is InChI=1S/C17H21N3O5/c1-4-24-15-7-12(5-6-14(15)25-10-16(21)22)17(23)19-11(2)13-8-18-20(3)9-13/h5-9,11H,4,10H2,1-3H3,(H,19,23)(H,21,22). The number of hydrogen-bond donors (Lipinski definition) is 2. The minimum absolute atomic E-state index is 0.209. The number of aromatic nitrogens is 2. The number of aliphatic carboxylic acids is 1. The smallest absolute Gasteiger partial charge is 0.341 e. The molecule has 1 unspecified atom stereocenters. The van der Waals surface area contributed by atoms with Crippen LogP contribution in [0.5, 0.6) is 11.5 Å². The maximum atomic E-state index is 12.4. The largest absolute Gasteiger partial charge is 0.490 e. The van der Waals surface area contributed by atoms with E-state index in [0.717, 1.165) is 5.56 Å². The van der Waals surface area contributed by atoms with Crippen molar-refractivity contribution in [1.82, 2.24) is 15.1 Å². The van der Waals surface area contributed by atoms with Gasteiger partial charge in [0.25, 0.3) is 5.91 Å². The third kappa shape index (κ3) is 4.97. The number of hydrogen-bond acceptors (Lipinski definition) is 5. The van der Waals surface area contributed by atoms with E-state index in [-0.39, 0.29) is 17.7 Å². The molecule has 1 aromatic heterocycles. The summed E-state index contributed by atoms with van der Waals surface area (Å²) in [7, 11) is 1.81. The number of carbonyl (C=O) groups is 2. The van der Waals surface area contributed by atoms with Gasteiger partial charge in [-0.25, -0.2) is 4.79 Å². The number of carbonyl (C=O) groups excluding carboxylic acids is 1. The van der Waals surface area contributed by atoms with Crippen LogP contribution in [0.1, 0.15) is 35.8 Å². The van der Waals surface area contributed by atoms with Gasteiger partial charge in [-0.2, -0.15) is 5.10 Å². The van der Waals surface area contributed by atoms with Crippen LogP contribution >= 0.6 is 0 Å². The van der Waals surface area contributed by atoms with E-state index in [1.165, 1.54) is 12.1 Å². The van der Waals surface area contributed by atoms with Crippen molar-refractivity contribution in [3.63, 3.8) is 0 Å². The highest BCUT2D eigenvalue weighted by Crippen LogP contribution is 2.28. The fraction of sp³-hybridized carbons (Fsp3) is 0.353. The Bertz CT molecular complexity index is 756. The topological polar surface area (TPSA) is 103 Å². The van der Waals surface area contributed by atoms with Crippen molar-refractivity contribution in [1.29, 1.82) is 0 Å². The zero-order chi connectivity index (χ0) is 18.4. The number of rotatable bonds is 8. The van der Waals surface area contributed by atoms with Gasteiger partial charge in [0.1, 0.15) is 0 Å². The Morgan fingerprint density at radius 3 is 2.68 bits per heavy atom. The lowest BCUT2D eigenvalue weighted by Crippen LogP contribution is -2.26. The summed E-state index contributed by atoms with van der Waals surface area (Å²) in [5.74, 6) is -0.761. The van der Waals surface area contributed by atoms with Gasteiger partial charge in [-0.05, 0) is 32.0 Å². The van der Waals surface area contributed by atoms with E-state index in [4.69, 9.17) is 14.6 Å². The van der Waals surface area contributed by atoms with Gasteiger partial charge in [0.15, 0.2) is 18.1 Å².